The molecule has 3 rings (SSSR count). The highest BCUT2D eigenvalue weighted by molar-refractivity contribution is 7.91. The summed E-state index contributed by atoms with van der Waals surface area (Å²) in [6, 6.07) is 5.36. The number of sulfone groups is 1. The lowest BCUT2D eigenvalue weighted by Gasteiger charge is -2.07. The van der Waals surface area contributed by atoms with Gasteiger partial charge in [0.15, 0.2) is 21.3 Å². The first kappa shape index (κ1) is 15.8. The third-order valence-electron chi connectivity index (χ3n) is 3.90. The number of aromatic nitrogens is 2. The molecule has 8 heteroatoms. The Morgan fingerprint density at radius 2 is 2.04 bits per heavy atom. The minimum atomic E-state index is -2.90. The second-order valence-corrected chi connectivity index (χ2v) is 7.78. The summed E-state index contributed by atoms with van der Waals surface area (Å²) in [6.07, 6.45) is 1.13. The van der Waals surface area contributed by atoms with Crippen molar-refractivity contribution in [2.24, 2.45) is 5.92 Å². The molecule has 23 heavy (non-hydrogen) atoms. The molecule has 0 saturated carbocycles. The summed E-state index contributed by atoms with van der Waals surface area (Å²) in [6.45, 7) is 0. The number of benzene rings is 1. The van der Waals surface area contributed by atoms with Crippen molar-refractivity contribution in [3.8, 4) is 22.9 Å². The molecule has 7 nitrogen and oxygen atoms in total. The Morgan fingerprint density at radius 1 is 1.26 bits per heavy atom. The van der Waals surface area contributed by atoms with Crippen molar-refractivity contribution in [3.63, 3.8) is 0 Å². The maximum Gasteiger partial charge on any atom is 0.227 e. The monoisotopic (exact) mass is 338 g/mol. The summed E-state index contributed by atoms with van der Waals surface area (Å²) in [5.74, 6) is 2.60. The van der Waals surface area contributed by atoms with E-state index in [2.05, 4.69) is 10.1 Å². The SMILES string of the molecule is COc1ccc(-c2noc(CC3CCS(=O)(=O)C3)n2)cc1OC. The predicted molar refractivity (Wildman–Crippen MR) is 83.3 cm³/mol. The fourth-order valence-corrected chi connectivity index (χ4v) is 4.57. The third-order valence-corrected chi connectivity index (χ3v) is 5.74. The van der Waals surface area contributed by atoms with Crippen LogP contribution in [0.1, 0.15) is 12.3 Å². The van der Waals surface area contributed by atoms with E-state index in [0.717, 1.165) is 5.56 Å². The molecule has 0 bridgehead atoms. The maximum absolute atomic E-state index is 11.5. The van der Waals surface area contributed by atoms with E-state index in [1.54, 1.807) is 26.4 Å². The molecule has 1 aliphatic heterocycles. The molecule has 0 radical (unpaired) electrons. The molecule has 1 fully saturated rings. The van der Waals surface area contributed by atoms with Crippen LogP contribution >= 0.6 is 0 Å². The topological polar surface area (TPSA) is 91.5 Å². The number of ether oxygens (including phenoxy) is 2. The lowest BCUT2D eigenvalue weighted by atomic mass is 10.1. The highest BCUT2D eigenvalue weighted by Crippen LogP contribution is 2.31. The van der Waals surface area contributed by atoms with Gasteiger partial charge in [0.25, 0.3) is 0 Å². The van der Waals surface area contributed by atoms with Crippen LogP contribution in [-0.2, 0) is 16.3 Å². The van der Waals surface area contributed by atoms with Crippen LogP contribution < -0.4 is 9.47 Å². The summed E-state index contributed by atoms with van der Waals surface area (Å²) in [5.41, 5.74) is 0.747. The Bertz CT molecular complexity index is 800. The summed E-state index contributed by atoms with van der Waals surface area (Å²) in [4.78, 5) is 4.35. The number of hydrogen-bond donors (Lipinski definition) is 0. The van der Waals surface area contributed by atoms with Crippen LogP contribution in [0.4, 0.5) is 0 Å². The molecular formula is C15H18N2O5S. The first-order valence-corrected chi connectivity index (χ1v) is 9.08. The van der Waals surface area contributed by atoms with E-state index in [4.69, 9.17) is 14.0 Å². The van der Waals surface area contributed by atoms with Crippen LogP contribution in [0.15, 0.2) is 22.7 Å². The summed E-state index contributed by atoms with van der Waals surface area (Å²) in [7, 11) is 0.231. The molecule has 2 aromatic rings. The Morgan fingerprint density at radius 3 is 2.70 bits per heavy atom. The Kier molecular flexibility index (Phi) is 4.25. The largest absolute Gasteiger partial charge is 0.493 e. The molecule has 124 valence electrons. The minimum absolute atomic E-state index is 0.0544. The predicted octanol–water partition coefficient (Wildman–Crippen LogP) is 1.73. The molecule has 0 aliphatic carbocycles. The van der Waals surface area contributed by atoms with Crippen LogP contribution in [0.25, 0.3) is 11.4 Å². The van der Waals surface area contributed by atoms with Crippen LogP contribution in [0, 0.1) is 5.92 Å². The van der Waals surface area contributed by atoms with E-state index in [0.29, 0.717) is 36.1 Å². The van der Waals surface area contributed by atoms with E-state index in [-0.39, 0.29) is 17.4 Å². The van der Waals surface area contributed by atoms with Crippen molar-refractivity contribution >= 4 is 9.84 Å². The Labute approximate surface area is 134 Å². The molecule has 1 aliphatic rings. The molecule has 1 unspecified atom stereocenters. The Balaban J connectivity index is 1.77. The lowest BCUT2D eigenvalue weighted by molar-refractivity contribution is 0.354. The molecule has 0 N–H and O–H groups in total. The van der Waals surface area contributed by atoms with E-state index in [9.17, 15) is 8.42 Å². The van der Waals surface area contributed by atoms with Gasteiger partial charge in [0.2, 0.25) is 11.7 Å². The molecule has 0 amide bonds. The van der Waals surface area contributed by atoms with Crippen molar-refractivity contribution in [1.82, 2.24) is 10.1 Å². The van der Waals surface area contributed by atoms with Gasteiger partial charge in [-0.05, 0) is 30.5 Å². The van der Waals surface area contributed by atoms with Crippen LogP contribution in [-0.4, -0.2) is 44.3 Å². The average Bonchev–Trinajstić information content (AvgIpc) is 3.13. The van der Waals surface area contributed by atoms with Crippen LogP contribution in [0.3, 0.4) is 0 Å². The summed E-state index contributed by atoms with van der Waals surface area (Å²) in [5, 5.41) is 3.96. The van der Waals surface area contributed by atoms with Gasteiger partial charge in [0, 0.05) is 12.0 Å². The number of methoxy groups -OCH3 is 2. The van der Waals surface area contributed by atoms with E-state index in [1.165, 1.54) is 0 Å². The average molecular weight is 338 g/mol. The van der Waals surface area contributed by atoms with Crippen molar-refractivity contribution in [3.05, 3.63) is 24.1 Å². The molecule has 1 atom stereocenters. The summed E-state index contributed by atoms with van der Waals surface area (Å²) >= 11 is 0. The molecular weight excluding hydrogens is 320 g/mol. The van der Waals surface area contributed by atoms with Gasteiger partial charge in [-0.25, -0.2) is 8.42 Å². The van der Waals surface area contributed by atoms with E-state index < -0.39 is 9.84 Å². The molecule has 2 heterocycles. The Hall–Kier alpha value is -2.09. The van der Waals surface area contributed by atoms with Crippen molar-refractivity contribution in [2.45, 2.75) is 12.8 Å². The van der Waals surface area contributed by atoms with Crippen LogP contribution in [0.2, 0.25) is 0 Å². The second kappa shape index (κ2) is 6.19. The van der Waals surface area contributed by atoms with Gasteiger partial charge in [-0.15, -0.1) is 0 Å². The van der Waals surface area contributed by atoms with Crippen molar-refractivity contribution in [1.29, 1.82) is 0 Å². The number of hydrogen-bond acceptors (Lipinski definition) is 7. The zero-order valence-electron chi connectivity index (χ0n) is 13.0. The number of nitrogens with zero attached hydrogens (tertiary/aromatic N) is 2. The highest BCUT2D eigenvalue weighted by Gasteiger charge is 2.29. The normalized spacial score (nSPS) is 19.7. The van der Waals surface area contributed by atoms with Gasteiger partial charge in [0.05, 0.1) is 25.7 Å². The van der Waals surface area contributed by atoms with Crippen LogP contribution in [0.5, 0.6) is 11.5 Å². The standard InChI is InChI=1S/C15H18N2O5S/c1-20-12-4-3-11(8-13(12)21-2)15-16-14(22-17-15)7-10-5-6-23(18,19)9-10/h3-4,8,10H,5-7,9H2,1-2H3. The molecule has 1 aromatic carbocycles. The maximum atomic E-state index is 11.5. The van der Waals surface area contributed by atoms with Gasteiger partial charge >= 0.3 is 0 Å². The highest BCUT2D eigenvalue weighted by atomic mass is 32.2. The number of rotatable bonds is 5. The summed E-state index contributed by atoms with van der Waals surface area (Å²) < 4.78 is 38.7. The fourth-order valence-electron chi connectivity index (χ4n) is 2.71. The quantitative estimate of drug-likeness (QED) is 0.820. The third kappa shape index (κ3) is 3.47. The lowest BCUT2D eigenvalue weighted by Crippen LogP contribution is -2.07. The van der Waals surface area contributed by atoms with E-state index >= 15 is 0 Å². The van der Waals surface area contributed by atoms with Gasteiger partial charge in [-0.1, -0.05) is 5.16 Å². The zero-order valence-corrected chi connectivity index (χ0v) is 13.8. The van der Waals surface area contributed by atoms with Gasteiger partial charge < -0.3 is 14.0 Å². The van der Waals surface area contributed by atoms with Crippen molar-refractivity contribution < 1.29 is 22.4 Å². The smallest absolute Gasteiger partial charge is 0.227 e. The first-order valence-electron chi connectivity index (χ1n) is 7.26. The van der Waals surface area contributed by atoms with Crippen molar-refractivity contribution in [2.75, 3.05) is 25.7 Å². The van der Waals surface area contributed by atoms with Gasteiger partial charge in [-0.2, -0.15) is 4.98 Å². The molecule has 0 spiro atoms. The molecule has 1 aromatic heterocycles. The van der Waals surface area contributed by atoms with Gasteiger partial charge in [-0.3, -0.25) is 0 Å². The molecule has 1 saturated heterocycles. The van der Waals surface area contributed by atoms with E-state index in [1.807, 2.05) is 6.07 Å². The van der Waals surface area contributed by atoms with Gasteiger partial charge in [0.1, 0.15) is 0 Å². The minimum Gasteiger partial charge on any atom is -0.493 e. The zero-order chi connectivity index (χ0) is 16.4. The first-order chi connectivity index (χ1) is 11.0. The second-order valence-electron chi connectivity index (χ2n) is 5.55. The fraction of sp³-hybridized carbons (Fsp3) is 0.467.